The van der Waals surface area contributed by atoms with E-state index in [1.165, 1.54) is 4.90 Å². The molecule has 166 valence electrons. The van der Waals surface area contributed by atoms with Crippen LogP contribution in [0.1, 0.15) is 41.3 Å². The van der Waals surface area contributed by atoms with Gasteiger partial charge < -0.3 is 25.1 Å². The molecule has 4 aromatic rings. The van der Waals surface area contributed by atoms with Crippen LogP contribution in [-0.2, 0) is 0 Å². The highest BCUT2D eigenvalue weighted by Crippen LogP contribution is 2.34. The van der Waals surface area contributed by atoms with Gasteiger partial charge in [-0.1, -0.05) is 13.0 Å². The predicted octanol–water partition coefficient (Wildman–Crippen LogP) is 3.63. The first-order valence-corrected chi connectivity index (χ1v) is 10.0. The van der Waals surface area contributed by atoms with Crippen molar-refractivity contribution in [3.8, 4) is 5.75 Å². The Labute approximate surface area is 183 Å². The number of para-hydroxylation sites is 1. The topological polar surface area (TPSA) is 142 Å². The first-order chi connectivity index (χ1) is 15.4. The van der Waals surface area contributed by atoms with Crippen LogP contribution in [0.2, 0.25) is 0 Å². The van der Waals surface area contributed by atoms with Crippen LogP contribution in [0.3, 0.4) is 0 Å². The number of benzene rings is 1. The van der Waals surface area contributed by atoms with Gasteiger partial charge in [0, 0.05) is 14.1 Å². The van der Waals surface area contributed by atoms with Gasteiger partial charge >= 0.3 is 0 Å². The lowest BCUT2D eigenvalue weighted by Crippen LogP contribution is -2.21. The van der Waals surface area contributed by atoms with Crippen molar-refractivity contribution in [1.29, 1.82) is 0 Å². The highest BCUT2D eigenvalue weighted by molar-refractivity contribution is 5.98. The maximum Gasteiger partial charge on any atom is 0.257 e. The van der Waals surface area contributed by atoms with Crippen LogP contribution in [0.4, 0.5) is 17.3 Å². The molecule has 0 spiro atoms. The van der Waals surface area contributed by atoms with E-state index in [0.717, 1.165) is 11.5 Å². The van der Waals surface area contributed by atoms with Gasteiger partial charge in [0.1, 0.15) is 11.5 Å². The van der Waals surface area contributed by atoms with Crippen molar-refractivity contribution in [2.75, 3.05) is 24.7 Å². The molecule has 4 rings (SSSR count). The summed E-state index contributed by atoms with van der Waals surface area (Å²) >= 11 is 0. The smallest absolute Gasteiger partial charge is 0.257 e. The Bertz CT molecular complexity index is 1260. The minimum atomic E-state index is -0.328. The van der Waals surface area contributed by atoms with Gasteiger partial charge in [0.25, 0.3) is 5.91 Å². The summed E-state index contributed by atoms with van der Waals surface area (Å²) in [5.41, 5.74) is 0.862. The normalized spacial score (nSPS) is 12.0. The molecule has 3 N–H and O–H groups in total. The molecule has 0 aliphatic rings. The standard InChI is InChI=1S/C21H23N7O4/c1-5-13(15-10-9-11(2)31-15)22-17-18(25-20-19(24-17)26-32-27-20)23-14-8-6-7-12(16(14)29)21(30)28(3)4/h6-10,13,29H,5H2,1-4H3,(H,22,24,26)(H,23,25,27)/t13-/m1/s1. The van der Waals surface area contributed by atoms with E-state index >= 15 is 0 Å². The summed E-state index contributed by atoms with van der Waals surface area (Å²) in [5.74, 6) is 1.65. The number of rotatable bonds is 7. The Morgan fingerprint density at radius 2 is 1.84 bits per heavy atom. The Hall–Kier alpha value is -4.15. The molecule has 0 bridgehead atoms. The van der Waals surface area contributed by atoms with Crippen LogP contribution < -0.4 is 10.6 Å². The molecule has 0 aliphatic heterocycles. The quantitative estimate of drug-likeness (QED) is 0.367. The van der Waals surface area contributed by atoms with Crippen LogP contribution in [0.15, 0.2) is 39.4 Å². The van der Waals surface area contributed by atoms with Crippen LogP contribution in [0, 0.1) is 6.92 Å². The molecule has 11 heteroatoms. The molecule has 0 saturated heterocycles. The zero-order chi connectivity index (χ0) is 22.8. The van der Waals surface area contributed by atoms with Gasteiger partial charge in [0.2, 0.25) is 11.3 Å². The first kappa shape index (κ1) is 21.1. The number of nitrogens with one attached hydrogen (secondary N) is 2. The monoisotopic (exact) mass is 437 g/mol. The molecule has 1 aromatic carbocycles. The maximum atomic E-state index is 12.4. The van der Waals surface area contributed by atoms with Gasteiger partial charge in [-0.2, -0.15) is 0 Å². The minimum absolute atomic E-state index is 0.157. The van der Waals surface area contributed by atoms with Gasteiger partial charge in [-0.3, -0.25) is 4.79 Å². The van der Waals surface area contributed by atoms with Gasteiger partial charge in [-0.15, -0.1) is 0 Å². The Kier molecular flexibility index (Phi) is 5.63. The molecule has 3 aromatic heterocycles. The lowest BCUT2D eigenvalue weighted by Gasteiger charge is -2.19. The van der Waals surface area contributed by atoms with Crippen LogP contribution in [0.5, 0.6) is 5.75 Å². The molecular weight excluding hydrogens is 414 g/mol. The van der Waals surface area contributed by atoms with E-state index < -0.39 is 0 Å². The number of nitrogens with zero attached hydrogens (tertiary/aromatic N) is 5. The van der Waals surface area contributed by atoms with E-state index in [1.807, 2.05) is 26.0 Å². The number of carbonyl (C=O) groups is 1. The number of amides is 1. The molecule has 1 amide bonds. The molecule has 0 radical (unpaired) electrons. The fraction of sp³-hybridized carbons (Fsp3) is 0.286. The Morgan fingerprint density at radius 3 is 2.47 bits per heavy atom. The van der Waals surface area contributed by atoms with E-state index in [0.29, 0.717) is 12.2 Å². The predicted molar refractivity (Wildman–Crippen MR) is 117 cm³/mol. The third-order valence-electron chi connectivity index (χ3n) is 4.86. The molecule has 1 atom stereocenters. The van der Waals surface area contributed by atoms with E-state index in [9.17, 15) is 9.90 Å². The lowest BCUT2D eigenvalue weighted by molar-refractivity contribution is 0.0824. The number of phenols is 1. The number of aromatic nitrogens is 4. The number of hydrogen-bond donors (Lipinski definition) is 3. The van der Waals surface area contributed by atoms with E-state index in [4.69, 9.17) is 9.05 Å². The van der Waals surface area contributed by atoms with Gasteiger partial charge in [0.15, 0.2) is 17.4 Å². The third-order valence-corrected chi connectivity index (χ3v) is 4.86. The minimum Gasteiger partial charge on any atom is -0.505 e. The Morgan fingerprint density at radius 1 is 1.12 bits per heavy atom. The molecule has 3 heterocycles. The largest absolute Gasteiger partial charge is 0.505 e. The van der Waals surface area contributed by atoms with Crippen LogP contribution in [-0.4, -0.2) is 50.3 Å². The second kappa shape index (κ2) is 8.53. The molecule has 32 heavy (non-hydrogen) atoms. The SMILES string of the molecule is CC[C@@H](Nc1nc2nonc2nc1Nc1cccc(C(=O)N(C)C)c1O)c1ccc(C)o1. The summed E-state index contributed by atoms with van der Waals surface area (Å²) < 4.78 is 10.5. The van der Waals surface area contributed by atoms with Crippen LogP contribution in [0.25, 0.3) is 11.3 Å². The highest BCUT2D eigenvalue weighted by atomic mass is 16.6. The third kappa shape index (κ3) is 4.04. The number of aromatic hydroxyl groups is 1. The summed E-state index contributed by atoms with van der Waals surface area (Å²) in [4.78, 5) is 22.7. The van der Waals surface area contributed by atoms with E-state index in [1.54, 1.807) is 32.3 Å². The van der Waals surface area contributed by atoms with Crippen molar-refractivity contribution in [2.24, 2.45) is 0 Å². The van der Waals surface area contributed by atoms with Crippen molar-refractivity contribution >= 4 is 34.5 Å². The number of phenolic OH excluding ortho intramolecular Hbond substituents is 1. The number of hydrogen-bond acceptors (Lipinski definition) is 10. The Balaban J connectivity index is 1.73. The van der Waals surface area contributed by atoms with Gasteiger partial charge in [-0.05, 0) is 47.9 Å². The van der Waals surface area contributed by atoms with E-state index in [-0.39, 0.29) is 46.1 Å². The van der Waals surface area contributed by atoms with Gasteiger partial charge in [0.05, 0.1) is 17.3 Å². The fourth-order valence-corrected chi connectivity index (χ4v) is 3.19. The molecule has 0 aliphatic carbocycles. The van der Waals surface area contributed by atoms with Crippen molar-refractivity contribution in [1.82, 2.24) is 25.2 Å². The summed E-state index contributed by atoms with van der Waals surface area (Å²) in [5, 5.41) is 24.6. The molecule has 0 unspecified atom stereocenters. The molecule has 0 fully saturated rings. The summed E-state index contributed by atoms with van der Waals surface area (Å²) in [6, 6.07) is 8.44. The summed E-state index contributed by atoms with van der Waals surface area (Å²) in [6.45, 7) is 3.88. The second-order valence-electron chi connectivity index (χ2n) is 7.41. The average Bonchev–Trinajstić information content (AvgIpc) is 3.41. The number of fused-ring (bicyclic) bond motifs is 1. The number of furan rings is 1. The fourth-order valence-electron chi connectivity index (χ4n) is 3.19. The maximum absolute atomic E-state index is 12.4. The van der Waals surface area contributed by atoms with Gasteiger partial charge in [-0.25, -0.2) is 14.6 Å². The average molecular weight is 437 g/mol. The number of carbonyl (C=O) groups excluding carboxylic acids is 1. The van der Waals surface area contributed by atoms with Crippen LogP contribution >= 0.6 is 0 Å². The van der Waals surface area contributed by atoms with Crippen molar-refractivity contribution in [3.05, 3.63) is 47.4 Å². The molecule has 0 saturated carbocycles. The van der Waals surface area contributed by atoms with Crippen molar-refractivity contribution in [3.63, 3.8) is 0 Å². The summed E-state index contributed by atoms with van der Waals surface area (Å²) in [7, 11) is 3.23. The van der Waals surface area contributed by atoms with Crippen molar-refractivity contribution < 1.29 is 18.9 Å². The summed E-state index contributed by atoms with van der Waals surface area (Å²) in [6.07, 6.45) is 0.710. The highest BCUT2D eigenvalue weighted by Gasteiger charge is 2.21. The van der Waals surface area contributed by atoms with E-state index in [2.05, 4.69) is 30.9 Å². The molecule has 11 nitrogen and oxygen atoms in total. The lowest BCUT2D eigenvalue weighted by atomic mass is 10.1. The zero-order valence-corrected chi connectivity index (χ0v) is 18.1. The number of aryl methyl sites for hydroxylation is 1. The molecular formula is C21H23N7O4. The zero-order valence-electron chi connectivity index (χ0n) is 18.1. The second-order valence-corrected chi connectivity index (χ2v) is 7.41. The van der Waals surface area contributed by atoms with Crippen molar-refractivity contribution in [2.45, 2.75) is 26.3 Å². The number of anilines is 3. The first-order valence-electron chi connectivity index (χ1n) is 10.0.